The van der Waals surface area contributed by atoms with E-state index in [1.807, 2.05) is 116 Å². The van der Waals surface area contributed by atoms with Crippen LogP contribution in [-0.4, -0.2) is 21.4 Å². The normalized spacial score (nSPS) is 14.2. The molecule has 1 aliphatic heterocycles. The van der Waals surface area contributed by atoms with Gasteiger partial charge < -0.3 is 14.4 Å². The van der Waals surface area contributed by atoms with Gasteiger partial charge in [0, 0.05) is 23.5 Å². The number of fused-ring (bicyclic) bond motifs is 1. The largest absolute Gasteiger partial charge is 0.497 e. The highest BCUT2D eigenvalue weighted by atomic mass is 32.2. The fraction of sp³-hybridized carbons (Fsp3) is 0.119. The molecule has 1 atom stereocenters. The van der Waals surface area contributed by atoms with Gasteiger partial charge in [0.1, 0.15) is 24.3 Å². The van der Waals surface area contributed by atoms with E-state index in [4.69, 9.17) is 9.47 Å². The molecule has 1 N–H and O–H groups in total. The van der Waals surface area contributed by atoms with Crippen LogP contribution in [0.2, 0.25) is 0 Å². The maximum Gasteiger partial charge on any atom is 0.262 e. The first-order valence-electron chi connectivity index (χ1n) is 16.6. The van der Waals surface area contributed by atoms with Gasteiger partial charge in [0.25, 0.3) is 15.9 Å². The summed E-state index contributed by atoms with van der Waals surface area (Å²) in [6.45, 7) is 2.77. The van der Waals surface area contributed by atoms with Gasteiger partial charge in [-0.25, -0.2) is 8.42 Å². The summed E-state index contributed by atoms with van der Waals surface area (Å²) in [4.78, 5) is 18.8. The number of hydrogen-bond donors (Lipinski definition) is 1. The number of carbonyl (C=O) groups excluding carboxylic acids is 1. The zero-order chi connectivity index (χ0) is 35.4. The van der Waals surface area contributed by atoms with E-state index in [9.17, 15) is 13.2 Å². The number of rotatable bonds is 11. The molecule has 0 radical (unpaired) electrons. The molecule has 0 fully saturated rings. The number of methoxy groups -OCH3 is 1. The van der Waals surface area contributed by atoms with Crippen molar-refractivity contribution in [1.82, 2.24) is 0 Å². The number of nitrogens with zero attached hydrogens (tertiary/aromatic N) is 2. The topological polar surface area (TPSA) is 88.2 Å². The van der Waals surface area contributed by atoms with Crippen LogP contribution < -0.4 is 24.0 Å². The third-order valence-electron chi connectivity index (χ3n) is 8.86. The monoisotopic (exact) mass is 695 g/mol. The minimum Gasteiger partial charge on any atom is -0.497 e. The lowest BCUT2D eigenvalue weighted by atomic mass is 9.98. The molecule has 256 valence electrons. The van der Waals surface area contributed by atoms with Crippen molar-refractivity contribution in [3.63, 3.8) is 0 Å². The molecule has 1 aliphatic rings. The second kappa shape index (κ2) is 14.4. The number of benzene rings is 6. The number of amides is 1. The maximum atomic E-state index is 14.9. The van der Waals surface area contributed by atoms with E-state index in [0.29, 0.717) is 41.7 Å². The van der Waals surface area contributed by atoms with Crippen molar-refractivity contribution < 1.29 is 22.7 Å². The number of para-hydroxylation sites is 1. The number of hydrogen-bond acceptors (Lipinski definition) is 6. The van der Waals surface area contributed by atoms with Crippen molar-refractivity contribution in [3.05, 3.63) is 179 Å². The predicted molar refractivity (Wildman–Crippen MR) is 201 cm³/mol. The summed E-state index contributed by atoms with van der Waals surface area (Å²) in [7, 11) is -2.51. The van der Waals surface area contributed by atoms with Crippen molar-refractivity contribution in [1.29, 1.82) is 0 Å². The minimum atomic E-state index is -4.06. The van der Waals surface area contributed by atoms with Gasteiger partial charge in [0.2, 0.25) is 0 Å². The van der Waals surface area contributed by atoms with Gasteiger partial charge in [-0.1, -0.05) is 96.6 Å². The lowest BCUT2D eigenvalue weighted by Gasteiger charge is -2.46. The Labute approximate surface area is 298 Å². The Morgan fingerprint density at radius 2 is 1.37 bits per heavy atom. The summed E-state index contributed by atoms with van der Waals surface area (Å²) in [5.41, 5.74) is 5.80. The first-order chi connectivity index (χ1) is 24.8. The number of aryl methyl sites for hydroxylation is 1. The van der Waals surface area contributed by atoms with Crippen LogP contribution in [0.3, 0.4) is 0 Å². The van der Waals surface area contributed by atoms with E-state index in [1.54, 1.807) is 48.4 Å². The molecule has 6 aromatic carbocycles. The highest BCUT2D eigenvalue weighted by Crippen LogP contribution is 2.45. The van der Waals surface area contributed by atoms with Gasteiger partial charge in [-0.05, 0) is 78.7 Å². The molecular weight excluding hydrogens is 659 g/mol. The van der Waals surface area contributed by atoms with Crippen LogP contribution in [0.15, 0.2) is 157 Å². The van der Waals surface area contributed by atoms with Gasteiger partial charge in [-0.15, -0.1) is 0 Å². The Balaban J connectivity index is 1.37. The van der Waals surface area contributed by atoms with Crippen molar-refractivity contribution in [3.8, 4) is 11.5 Å². The Kier molecular flexibility index (Phi) is 9.46. The fourth-order valence-corrected chi connectivity index (χ4v) is 7.36. The van der Waals surface area contributed by atoms with Crippen LogP contribution in [0.5, 0.6) is 11.5 Å². The van der Waals surface area contributed by atoms with Crippen LogP contribution in [0, 0.1) is 6.92 Å². The van der Waals surface area contributed by atoms with E-state index in [0.717, 1.165) is 22.3 Å². The summed E-state index contributed by atoms with van der Waals surface area (Å²) in [6, 6.07) is 46.9. The second-order valence-corrected chi connectivity index (χ2v) is 14.0. The van der Waals surface area contributed by atoms with Gasteiger partial charge in [0.05, 0.1) is 23.3 Å². The van der Waals surface area contributed by atoms with Crippen LogP contribution in [0.25, 0.3) is 0 Å². The molecule has 0 bridgehead atoms. The molecular formula is C42H37N3O5S. The van der Waals surface area contributed by atoms with E-state index in [1.165, 1.54) is 6.07 Å². The number of sulfonamides is 1. The number of anilines is 3. The Hall–Kier alpha value is -6.06. The number of ether oxygens (including phenoxy) is 2. The average molecular weight is 696 g/mol. The van der Waals surface area contributed by atoms with E-state index >= 15 is 0 Å². The average Bonchev–Trinajstić information content (AvgIpc) is 3.16. The van der Waals surface area contributed by atoms with Crippen LogP contribution >= 0.6 is 0 Å². The predicted octanol–water partition coefficient (Wildman–Crippen LogP) is 8.75. The Morgan fingerprint density at radius 1 is 0.725 bits per heavy atom. The molecule has 7 rings (SSSR count). The molecule has 9 heteroatoms. The smallest absolute Gasteiger partial charge is 0.262 e. The summed E-state index contributed by atoms with van der Waals surface area (Å²) in [5, 5.41) is 0. The fourth-order valence-electron chi connectivity index (χ4n) is 6.27. The first-order valence-corrected chi connectivity index (χ1v) is 18.1. The molecule has 0 aliphatic carbocycles. The van der Waals surface area contributed by atoms with Crippen LogP contribution in [0.1, 0.15) is 38.8 Å². The highest BCUT2D eigenvalue weighted by molar-refractivity contribution is 7.92. The molecule has 0 unspecified atom stereocenters. The highest BCUT2D eigenvalue weighted by Gasteiger charge is 2.41. The van der Waals surface area contributed by atoms with Crippen LogP contribution in [0.4, 0.5) is 17.1 Å². The molecule has 51 heavy (non-hydrogen) atoms. The SMILES string of the molecule is COc1ccc(NS(=O)(=O)c2ccc3c(c2)C(=O)N(c2ccc(C)cc2)[C@@H](c2ccccc2OCc2ccccc2)N3Cc2ccccc2)cc1. The molecule has 1 heterocycles. The number of carbonyl (C=O) groups is 1. The first kappa shape index (κ1) is 33.4. The molecule has 0 saturated carbocycles. The van der Waals surface area contributed by atoms with Crippen molar-refractivity contribution in [2.24, 2.45) is 0 Å². The van der Waals surface area contributed by atoms with Gasteiger partial charge >= 0.3 is 0 Å². The van der Waals surface area contributed by atoms with Gasteiger partial charge in [0.15, 0.2) is 0 Å². The molecule has 0 aromatic heterocycles. The van der Waals surface area contributed by atoms with Gasteiger partial charge in [-0.2, -0.15) is 0 Å². The second-order valence-electron chi connectivity index (χ2n) is 12.3. The number of nitrogens with one attached hydrogen (secondary N) is 1. The minimum absolute atomic E-state index is 0.0287. The standard InChI is InChI=1S/C42H37N3O5S/c1-30-17-21-34(22-18-30)45-41(37-15-9-10-16-40(37)50-29-32-13-7-4-8-14-32)44(28-31-11-5-3-6-12-31)39-26-25-36(27-38(39)42(45)46)51(47,48)43-33-19-23-35(49-2)24-20-33/h3-27,41,43H,28-29H2,1-2H3/t41-/m0/s1. The molecule has 0 spiro atoms. The zero-order valence-electron chi connectivity index (χ0n) is 28.3. The summed E-state index contributed by atoms with van der Waals surface area (Å²) < 4.78 is 41.8. The van der Waals surface area contributed by atoms with Crippen molar-refractivity contribution in [2.45, 2.75) is 31.1 Å². The molecule has 8 nitrogen and oxygen atoms in total. The Morgan fingerprint density at radius 3 is 2.06 bits per heavy atom. The van der Waals surface area contributed by atoms with Gasteiger partial charge in [-0.3, -0.25) is 14.4 Å². The summed E-state index contributed by atoms with van der Waals surface area (Å²) in [5.74, 6) is 0.914. The van der Waals surface area contributed by atoms with Crippen LogP contribution in [-0.2, 0) is 23.2 Å². The lowest BCUT2D eigenvalue weighted by Crippen LogP contribution is -2.49. The van der Waals surface area contributed by atoms with Crippen molar-refractivity contribution >= 4 is 33.0 Å². The van der Waals surface area contributed by atoms with E-state index < -0.39 is 16.2 Å². The summed E-state index contributed by atoms with van der Waals surface area (Å²) >= 11 is 0. The third-order valence-corrected chi connectivity index (χ3v) is 10.2. The molecule has 6 aromatic rings. The third kappa shape index (κ3) is 7.15. The Bertz CT molecular complexity index is 2250. The van der Waals surface area contributed by atoms with E-state index in [2.05, 4.69) is 9.62 Å². The lowest BCUT2D eigenvalue weighted by molar-refractivity contribution is 0.0967. The molecule has 1 amide bonds. The van der Waals surface area contributed by atoms with Crippen molar-refractivity contribution in [2.75, 3.05) is 21.6 Å². The maximum absolute atomic E-state index is 14.9. The summed E-state index contributed by atoms with van der Waals surface area (Å²) in [6.07, 6.45) is -0.639. The zero-order valence-corrected chi connectivity index (χ0v) is 29.1. The quantitative estimate of drug-likeness (QED) is 0.146. The molecule has 0 saturated heterocycles. The van der Waals surface area contributed by atoms with E-state index in [-0.39, 0.29) is 16.4 Å².